The minimum absolute atomic E-state index is 1.43. The highest BCUT2D eigenvalue weighted by molar-refractivity contribution is 5.40. The molecule has 0 fully saturated rings. The van der Waals surface area contributed by atoms with E-state index in [4.69, 9.17) is 0 Å². The SMILES string of the molecule is CC#CC(O)(C#CC)C#CC. The van der Waals surface area contributed by atoms with Crippen molar-refractivity contribution in [3.8, 4) is 35.5 Å². The highest BCUT2D eigenvalue weighted by atomic mass is 16.3. The summed E-state index contributed by atoms with van der Waals surface area (Å²) in [5.74, 6) is 15.3. The third-order valence-corrected chi connectivity index (χ3v) is 0.918. The minimum Gasteiger partial charge on any atom is -0.357 e. The van der Waals surface area contributed by atoms with Gasteiger partial charge in [-0.25, -0.2) is 0 Å². The molecule has 0 aromatic carbocycles. The number of hydrogen-bond acceptors (Lipinski definition) is 1. The van der Waals surface area contributed by atoms with Crippen LogP contribution in [0.3, 0.4) is 0 Å². The van der Waals surface area contributed by atoms with Crippen LogP contribution in [0.15, 0.2) is 0 Å². The van der Waals surface area contributed by atoms with Gasteiger partial charge in [-0.05, 0) is 38.5 Å². The van der Waals surface area contributed by atoms with Crippen LogP contribution < -0.4 is 0 Å². The Bertz CT molecular complexity index is 243. The first-order chi connectivity index (χ1) is 5.18. The number of aliphatic hydroxyl groups is 1. The van der Waals surface area contributed by atoms with Crippen molar-refractivity contribution < 1.29 is 5.11 Å². The second-order valence-corrected chi connectivity index (χ2v) is 1.84. The van der Waals surface area contributed by atoms with E-state index < -0.39 is 5.60 Å². The summed E-state index contributed by atoms with van der Waals surface area (Å²) in [5, 5.41) is 9.49. The van der Waals surface area contributed by atoms with Gasteiger partial charge in [0.05, 0.1) is 0 Å². The van der Waals surface area contributed by atoms with E-state index >= 15 is 0 Å². The van der Waals surface area contributed by atoms with Gasteiger partial charge >= 0.3 is 0 Å². The lowest BCUT2D eigenvalue weighted by molar-refractivity contribution is 0.224. The molecule has 0 radical (unpaired) electrons. The van der Waals surface area contributed by atoms with Crippen LogP contribution >= 0.6 is 0 Å². The third-order valence-electron chi connectivity index (χ3n) is 0.918. The molecule has 11 heavy (non-hydrogen) atoms. The van der Waals surface area contributed by atoms with E-state index in [9.17, 15) is 5.11 Å². The molecule has 0 rings (SSSR count). The van der Waals surface area contributed by atoms with Gasteiger partial charge in [-0.2, -0.15) is 0 Å². The Morgan fingerprint density at radius 3 is 1.27 bits per heavy atom. The molecule has 1 nitrogen and oxygen atoms in total. The van der Waals surface area contributed by atoms with Crippen LogP contribution in [0.5, 0.6) is 0 Å². The van der Waals surface area contributed by atoms with Crippen molar-refractivity contribution in [1.29, 1.82) is 0 Å². The molecule has 1 heteroatoms. The molecule has 0 heterocycles. The molecule has 0 atom stereocenters. The highest BCUT2D eigenvalue weighted by Gasteiger charge is 2.15. The maximum Gasteiger partial charge on any atom is 0.251 e. The van der Waals surface area contributed by atoms with Crippen molar-refractivity contribution in [2.24, 2.45) is 0 Å². The molecule has 0 aliphatic rings. The fraction of sp³-hybridized carbons (Fsp3) is 0.400. The Morgan fingerprint density at radius 1 is 0.818 bits per heavy atom. The summed E-state index contributed by atoms with van der Waals surface area (Å²) in [4.78, 5) is 0. The third kappa shape index (κ3) is 3.36. The smallest absolute Gasteiger partial charge is 0.251 e. The van der Waals surface area contributed by atoms with E-state index in [-0.39, 0.29) is 0 Å². The highest BCUT2D eigenvalue weighted by Crippen LogP contribution is 1.97. The van der Waals surface area contributed by atoms with Crippen LogP contribution in [0.4, 0.5) is 0 Å². The zero-order valence-electron chi connectivity index (χ0n) is 6.95. The first-order valence-corrected chi connectivity index (χ1v) is 3.22. The van der Waals surface area contributed by atoms with Crippen molar-refractivity contribution in [1.82, 2.24) is 0 Å². The molecule has 0 saturated carbocycles. The number of hydrogen-bond donors (Lipinski definition) is 1. The van der Waals surface area contributed by atoms with Gasteiger partial charge in [-0.1, -0.05) is 0 Å². The summed E-state index contributed by atoms with van der Waals surface area (Å²) >= 11 is 0. The fourth-order valence-electron chi connectivity index (χ4n) is 0.636. The molecule has 0 amide bonds. The number of rotatable bonds is 0. The summed E-state index contributed by atoms with van der Waals surface area (Å²) in [6.07, 6.45) is 0. The second-order valence-electron chi connectivity index (χ2n) is 1.84. The Labute approximate surface area is 67.8 Å². The molecule has 0 spiro atoms. The average molecular weight is 146 g/mol. The molecular weight excluding hydrogens is 136 g/mol. The van der Waals surface area contributed by atoms with Crippen molar-refractivity contribution >= 4 is 0 Å². The fourth-order valence-corrected chi connectivity index (χ4v) is 0.636. The van der Waals surface area contributed by atoms with Gasteiger partial charge in [0.2, 0.25) is 0 Å². The quantitative estimate of drug-likeness (QED) is 0.501. The molecule has 1 N–H and O–H groups in total. The van der Waals surface area contributed by atoms with Crippen molar-refractivity contribution in [2.45, 2.75) is 26.4 Å². The lowest BCUT2D eigenvalue weighted by Crippen LogP contribution is -2.21. The van der Waals surface area contributed by atoms with E-state index in [0.717, 1.165) is 0 Å². The summed E-state index contributed by atoms with van der Waals surface area (Å²) in [6.45, 7) is 4.92. The molecule has 0 bridgehead atoms. The maximum absolute atomic E-state index is 9.49. The second kappa shape index (κ2) is 4.45. The van der Waals surface area contributed by atoms with Gasteiger partial charge in [0.1, 0.15) is 0 Å². The van der Waals surface area contributed by atoms with Crippen molar-refractivity contribution in [3.63, 3.8) is 0 Å². The Hall–Kier alpha value is -1.36. The van der Waals surface area contributed by atoms with Gasteiger partial charge < -0.3 is 5.11 Å². The molecule has 0 aromatic heterocycles. The largest absolute Gasteiger partial charge is 0.357 e. The lowest BCUT2D eigenvalue weighted by atomic mass is 10.1. The molecule has 0 aliphatic carbocycles. The van der Waals surface area contributed by atoms with Crippen LogP contribution in [0.1, 0.15) is 20.8 Å². The Balaban J connectivity index is 4.81. The maximum atomic E-state index is 9.49. The van der Waals surface area contributed by atoms with Crippen LogP contribution in [0, 0.1) is 35.5 Å². The zero-order valence-corrected chi connectivity index (χ0v) is 6.95. The molecule has 56 valence electrons. The summed E-state index contributed by atoms with van der Waals surface area (Å²) in [5.41, 5.74) is -1.43. The molecular formula is C10H10O. The minimum atomic E-state index is -1.43. The molecule has 0 aromatic rings. The van der Waals surface area contributed by atoms with Crippen LogP contribution in [0.25, 0.3) is 0 Å². The van der Waals surface area contributed by atoms with Gasteiger partial charge in [-0.15, -0.1) is 17.8 Å². The summed E-state index contributed by atoms with van der Waals surface area (Å²) in [6, 6.07) is 0. The van der Waals surface area contributed by atoms with Gasteiger partial charge in [0.15, 0.2) is 0 Å². The normalized spacial score (nSPS) is 7.64. The molecule has 0 unspecified atom stereocenters. The van der Waals surface area contributed by atoms with E-state index in [1.165, 1.54) is 0 Å². The van der Waals surface area contributed by atoms with E-state index in [1.54, 1.807) is 20.8 Å². The monoisotopic (exact) mass is 146 g/mol. The van der Waals surface area contributed by atoms with Gasteiger partial charge in [0.25, 0.3) is 5.60 Å². The first kappa shape index (κ1) is 9.64. The van der Waals surface area contributed by atoms with E-state index in [0.29, 0.717) is 0 Å². The lowest BCUT2D eigenvalue weighted by Gasteiger charge is -2.04. The van der Waals surface area contributed by atoms with Gasteiger partial charge in [0, 0.05) is 0 Å². The summed E-state index contributed by atoms with van der Waals surface area (Å²) < 4.78 is 0. The van der Waals surface area contributed by atoms with Crippen LogP contribution in [-0.4, -0.2) is 10.7 Å². The van der Waals surface area contributed by atoms with Gasteiger partial charge in [-0.3, -0.25) is 0 Å². The Kier molecular flexibility index (Phi) is 3.90. The van der Waals surface area contributed by atoms with Crippen molar-refractivity contribution in [3.05, 3.63) is 0 Å². The molecule has 0 saturated heterocycles. The summed E-state index contributed by atoms with van der Waals surface area (Å²) in [7, 11) is 0. The Morgan fingerprint density at radius 2 is 1.09 bits per heavy atom. The zero-order chi connectivity index (χ0) is 8.74. The molecule has 0 aliphatic heterocycles. The predicted molar refractivity (Wildman–Crippen MR) is 45.3 cm³/mol. The van der Waals surface area contributed by atoms with Crippen molar-refractivity contribution in [2.75, 3.05) is 0 Å². The van der Waals surface area contributed by atoms with E-state index in [2.05, 4.69) is 35.5 Å². The average Bonchev–Trinajstić information content (AvgIpc) is 1.88. The van der Waals surface area contributed by atoms with Crippen LogP contribution in [-0.2, 0) is 0 Å². The van der Waals surface area contributed by atoms with E-state index in [1.807, 2.05) is 0 Å². The topological polar surface area (TPSA) is 20.2 Å². The standard InChI is InChI=1S/C10H10O/c1-4-7-10(11,8-5-2)9-6-3/h11H,1-3H3. The first-order valence-electron chi connectivity index (χ1n) is 3.22. The predicted octanol–water partition coefficient (Wildman–Crippen LogP) is 0.787. The van der Waals surface area contributed by atoms with Crippen LogP contribution in [0.2, 0.25) is 0 Å².